The molecule has 12 heavy (non-hydrogen) atoms. The first-order chi connectivity index (χ1) is 5.49. The molecule has 0 spiro atoms. The van der Waals surface area contributed by atoms with Gasteiger partial charge in [-0.05, 0) is 5.92 Å². The number of hydrogen-bond donors (Lipinski definition) is 0. The molecule has 0 aromatic rings. The highest BCUT2D eigenvalue weighted by Crippen LogP contribution is 2.25. The zero-order valence-electron chi connectivity index (χ0n) is 8.59. The molecule has 2 nitrogen and oxygen atoms in total. The molecule has 1 fully saturated rings. The van der Waals surface area contributed by atoms with Crippen LogP contribution in [0.5, 0.6) is 0 Å². The summed E-state index contributed by atoms with van der Waals surface area (Å²) in [5.74, 6) is 0.649. The minimum Gasteiger partial charge on any atom is -0.352 e. The lowest BCUT2D eigenvalue weighted by Gasteiger charge is -2.35. The molecular formula is C10H20O2. The second-order valence-electron chi connectivity index (χ2n) is 4.85. The average molecular weight is 172 g/mol. The van der Waals surface area contributed by atoms with Crippen LogP contribution in [0, 0.1) is 11.3 Å². The zero-order valence-corrected chi connectivity index (χ0v) is 8.59. The van der Waals surface area contributed by atoms with Gasteiger partial charge in [0.1, 0.15) is 0 Å². The number of rotatable bonds is 2. The first-order valence-electron chi connectivity index (χ1n) is 4.73. The molecule has 0 saturated carbocycles. The van der Waals surface area contributed by atoms with Gasteiger partial charge in [-0.2, -0.15) is 0 Å². The summed E-state index contributed by atoms with van der Waals surface area (Å²) in [6, 6.07) is 0. The largest absolute Gasteiger partial charge is 0.352 e. The van der Waals surface area contributed by atoms with Crippen LogP contribution in [0.2, 0.25) is 0 Å². The van der Waals surface area contributed by atoms with Crippen molar-refractivity contribution in [2.75, 3.05) is 13.2 Å². The zero-order chi connectivity index (χ0) is 9.19. The molecular weight excluding hydrogens is 152 g/mol. The third-order valence-corrected chi connectivity index (χ3v) is 1.98. The van der Waals surface area contributed by atoms with Gasteiger partial charge in [-0.15, -0.1) is 0 Å². The standard InChI is InChI=1S/C10H20O2/c1-8(2)5-9-11-6-10(3,4)7-12-9/h8-9H,5-7H2,1-4H3. The maximum absolute atomic E-state index is 5.58. The Morgan fingerprint density at radius 2 is 1.75 bits per heavy atom. The first kappa shape index (κ1) is 10.0. The van der Waals surface area contributed by atoms with Crippen LogP contribution >= 0.6 is 0 Å². The molecule has 0 aliphatic carbocycles. The van der Waals surface area contributed by atoms with Crippen molar-refractivity contribution in [3.05, 3.63) is 0 Å². The summed E-state index contributed by atoms with van der Waals surface area (Å²) in [5.41, 5.74) is 0.202. The molecule has 1 aliphatic rings. The average Bonchev–Trinajstić information content (AvgIpc) is 1.93. The fraction of sp³-hybridized carbons (Fsp3) is 1.00. The predicted octanol–water partition coefficient (Wildman–Crippen LogP) is 2.43. The monoisotopic (exact) mass is 172 g/mol. The molecule has 0 atom stereocenters. The van der Waals surface area contributed by atoms with Crippen molar-refractivity contribution >= 4 is 0 Å². The molecule has 1 heterocycles. The minimum atomic E-state index is 0.0398. The van der Waals surface area contributed by atoms with Gasteiger partial charge < -0.3 is 9.47 Å². The van der Waals surface area contributed by atoms with Crippen molar-refractivity contribution in [2.45, 2.75) is 40.4 Å². The summed E-state index contributed by atoms with van der Waals surface area (Å²) in [5, 5.41) is 0. The molecule has 0 aromatic heterocycles. The maximum atomic E-state index is 5.58. The highest BCUT2D eigenvalue weighted by molar-refractivity contribution is 4.71. The van der Waals surface area contributed by atoms with Crippen molar-refractivity contribution in [3.8, 4) is 0 Å². The van der Waals surface area contributed by atoms with Crippen LogP contribution in [-0.2, 0) is 9.47 Å². The smallest absolute Gasteiger partial charge is 0.157 e. The Morgan fingerprint density at radius 3 is 2.17 bits per heavy atom. The molecule has 72 valence electrons. The van der Waals surface area contributed by atoms with Gasteiger partial charge in [0.25, 0.3) is 0 Å². The summed E-state index contributed by atoms with van der Waals surface area (Å²) >= 11 is 0. The highest BCUT2D eigenvalue weighted by atomic mass is 16.7. The van der Waals surface area contributed by atoms with Crippen molar-refractivity contribution in [1.82, 2.24) is 0 Å². The topological polar surface area (TPSA) is 18.5 Å². The normalized spacial score (nSPS) is 24.8. The van der Waals surface area contributed by atoms with Crippen molar-refractivity contribution in [3.63, 3.8) is 0 Å². The van der Waals surface area contributed by atoms with Gasteiger partial charge in [0.15, 0.2) is 6.29 Å². The Bertz CT molecular complexity index is 131. The molecule has 0 aromatic carbocycles. The van der Waals surface area contributed by atoms with Crippen LogP contribution in [0.3, 0.4) is 0 Å². The van der Waals surface area contributed by atoms with Crippen molar-refractivity contribution < 1.29 is 9.47 Å². The molecule has 1 aliphatic heterocycles. The SMILES string of the molecule is CC(C)CC1OCC(C)(C)CO1. The Labute approximate surface area is 75.2 Å². The Balaban J connectivity index is 2.27. The summed E-state index contributed by atoms with van der Waals surface area (Å²) in [7, 11) is 0. The van der Waals surface area contributed by atoms with E-state index >= 15 is 0 Å². The van der Waals surface area contributed by atoms with E-state index in [9.17, 15) is 0 Å². The first-order valence-corrected chi connectivity index (χ1v) is 4.73. The highest BCUT2D eigenvalue weighted by Gasteiger charge is 2.28. The molecule has 1 rings (SSSR count). The van der Waals surface area contributed by atoms with Gasteiger partial charge in [0.2, 0.25) is 0 Å². The van der Waals surface area contributed by atoms with E-state index in [1.54, 1.807) is 0 Å². The fourth-order valence-corrected chi connectivity index (χ4v) is 1.25. The number of hydrogen-bond acceptors (Lipinski definition) is 2. The maximum Gasteiger partial charge on any atom is 0.157 e. The summed E-state index contributed by atoms with van der Waals surface area (Å²) in [4.78, 5) is 0. The van der Waals surface area contributed by atoms with E-state index in [1.807, 2.05) is 0 Å². The van der Waals surface area contributed by atoms with Crippen LogP contribution in [0.25, 0.3) is 0 Å². The van der Waals surface area contributed by atoms with E-state index in [2.05, 4.69) is 27.7 Å². The lowest BCUT2D eigenvalue weighted by Crippen LogP contribution is -2.38. The molecule has 2 heteroatoms. The van der Waals surface area contributed by atoms with E-state index < -0.39 is 0 Å². The van der Waals surface area contributed by atoms with Gasteiger partial charge in [-0.25, -0.2) is 0 Å². The summed E-state index contributed by atoms with van der Waals surface area (Å²) in [6.45, 7) is 10.4. The van der Waals surface area contributed by atoms with E-state index in [0.29, 0.717) is 5.92 Å². The van der Waals surface area contributed by atoms with Gasteiger partial charge >= 0.3 is 0 Å². The quantitative estimate of drug-likeness (QED) is 0.637. The molecule has 0 bridgehead atoms. The van der Waals surface area contributed by atoms with Crippen LogP contribution in [0.1, 0.15) is 34.1 Å². The van der Waals surface area contributed by atoms with Crippen LogP contribution < -0.4 is 0 Å². The second kappa shape index (κ2) is 3.75. The fourth-order valence-electron chi connectivity index (χ4n) is 1.25. The van der Waals surface area contributed by atoms with Crippen LogP contribution in [-0.4, -0.2) is 19.5 Å². The van der Waals surface area contributed by atoms with E-state index in [4.69, 9.17) is 9.47 Å². The lowest BCUT2D eigenvalue weighted by atomic mass is 9.95. The second-order valence-corrected chi connectivity index (χ2v) is 4.85. The third-order valence-electron chi connectivity index (χ3n) is 1.98. The summed E-state index contributed by atoms with van der Waals surface area (Å²) < 4.78 is 11.2. The molecule has 1 saturated heterocycles. The summed E-state index contributed by atoms with van der Waals surface area (Å²) in [6.07, 6.45) is 1.05. The van der Waals surface area contributed by atoms with Crippen LogP contribution in [0.4, 0.5) is 0 Å². The van der Waals surface area contributed by atoms with E-state index in [1.165, 1.54) is 0 Å². The minimum absolute atomic E-state index is 0.0398. The Kier molecular flexibility index (Phi) is 3.13. The van der Waals surface area contributed by atoms with Crippen LogP contribution in [0.15, 0.2) is 0 Å². The van der Waals surface area contributed by atoms with E-state index in [0.717, 1.165) is 19.6 Å². The molecule has 0 unspecified atom stereocenters. The predicted molar refractivity (Wildman–Crippen MR) is 48.9 cm³/mol. The number of ether oxygens (including phenoxy) is 2. The van der Waals surface area contributed by atoms with Gasteiger partial charge in [-0.3, -0.25) is 0 Å². The molecule has 0 N–H and O–H groups in total. The molecule has 0 amide bonds. The van der Waals surface area contributed by atoms with Crippen molar-refractivity contribution in [2.24, 2.45) is 11.3 Å². The third kappa shape index (κ3) is 3.11. The van der Waals surface area contributed by atoms with Gasteiger partial charge in [0, 0.05) is 11.8 Å². The van der Waals surface area contributed by atoms with Crippen molar-refractivity contribution in [1.29, 1.82) is 0 Å². The van der Waals surface area contributed by atoms with E-state index in [-0.39, 0.29) is 11.7 Å². The Hall–Kier alpha value is -0.0800. The van der Waals surface area contributed by atoms with Gasteiger partial charge in [0.05, 0.1) is 13.2 Å². The molecule has 0 radical (unpaired) electrons. The van der Waals surface area contributed by atoms with Gasteiger partial charge in [-0.1, -0.05) is 27.7 Å². The Morgan fingerprint density at radius 1 is 1.25 bits per heavy atom. The lowest BCUT2D eigenvalue weighted by molar-refractivity contribution is -0.226.